The zero-order chi connectivity index (χ0) is 20.4. The first-order valence-corrected chi connectivity index (χ1v) is 10.4. The summed E-state index contributed by atoms with van der Waals surface area (Å²) in [4.78, 5) is 23.3. The summed E-state index contributed by atoms with van der Waals surface area (Å²) < 4.78 is 0. The van der Waals surface area contributed by atoms with Crippen LogP contribution in [-0.4, -0.2) is 48.1 Å². The molecule has 0 aliphatic carbocycles. The van der Waals surface area contributed by atoms with Crippen LogP contribution in [0.2, 0.25) is 5.02 Å². The van der Waals surface area contributed by atoms with Gasteiger partial charge in [0.05, 0.1) is 11.0 Å². The summed E-state index contributed by atoms with van der Waals surface area (Å²) in [6, 6.07) is 11.7. The van der Waals surface area contributed by atoms with E-state index in [-0.39, 0.29) is 11.9 Å². The first-order chi connectivity index (χ1) is 14.0. The van der Waals surface area contributed by atoms with E-state index < -0.39 is 0 Å². The molecular weight excluding hydrogens is 386 g/mol. The molecule has 152 valence electrons. The van der Waals surface area contributed by atoms with Gasteiger partial charge >= 0.3 is 0 Å². The molecule has 0 spiro atoms. The number of hydrogen-bond donors (Lipinski definition) is 3. The Morgan fingerprint density at radius 1 is 1.24 bits per heavy atom. The Morgan fingerprint density at radius 3 is 2.76 bits per heavy atom. The van der Waals surface area contributed by atoms with Gasteiger partial charge in [0.15, 0.2) is 0 Å². The predicted octanol–water partition coefficient (Wildman–Crippen LogP) is 3.35. The summed E-state index contributed by atoms with van der Waals surface area (Å²) in [7, 11) is 0. The molecule has 0 radical (unpaired) electrons. The number of hydrogen-bond acceptors (Lipinski definition) is 4. The Labute approximate surface area is 175 Å². The Bertz CT molecular complexity index is 1020. The fourth-order valence-electron chi connectivity index (χ4n) is 3.68. The van der Waals surface area contributed by atoms with Crippen LogP contribution in [0.5, 0.6) is 0 Å². The highest BCUT2D eigenvalue weighted by molar-refractivity contribution is 6.30. The number of nitrogens with one attached hydrogen (secondary N) is 3. The fourth-order valence-corrected chi connectivity index (χ4v) is 3.89. The number of H-pyrrole nitrogens is 1. The third-order valence-corrected chi connectivity index (χ3v) is 5.27. The van der Waals surface area contributed by atoms with Crippen molar-refractivity contribution in [3.63, 3.8) is 0 Å². The van der Waals surface area contributed by atoms with Crippen LogP contribution in [-0.2, 0) is 6.42 Å². The summed E-state index contributed by atoms with van der Waals surface area (Å²) in [6.07, 6.45) is 0.658. The van der Waals surface area contributed by atoms with Gasteiger partial charge in [0.1, 0.15) is 0 Å². The van der Waals surface area contributed by atoms with Gasteiger partial charge in [-0.05, 0) is 55.7 Å². The average Bonchev–Trinajstić information content (AvgIpc) is 3.13. The van der Waals surface area contributed by atoms with Crippen LogP contribution >= 0.6 is 11.6 Å². The second kappa shape index (κ2) is 8.43. The molecule has 29 heavy (non-hydrogen) atoms. The molecule has 4 rings (SSSR count). The number of benzene rings is 2. The second-order valence-electron chi connectivity index (χ2n) is 7.76. The molecule has 3 N–H and O–H groups in total. The van der Waals surface area contributed by atoms with Crippen molar-refractivity contribution in [3.8, 4) is 0 Å². The minimum absolute atomic E-state index is 0.0763. The number of rotatable bonds is 5. The molecule has 1 fully saturated rings. The van der Waals surface area contributed by atoms with E-state index in [4.69, 9.17) is 16.6 Å². The SMILES string of the molecule is CC(C)NC(=O)c1cc(Cc2cccc(Cl)c2)c2nc(N3CCNCC3)[nH]c2c1. The minimum Gasteiger partial charge on any atom is -0.350 e. The molecule has 0 bridgehead atoms. The third-order valence-electron chi connectivity index (χ3n) is 5.04. The maximum Gasteiger partial charge on any atom is 0.251 e. The highest BCUT2D eigenvalue weighted by Gasteiger charge is 2.18. The van der Waals surface area contributed by atoms with Gasteiger partial charge in [0.2, 0.25) is 5.95 Å². The lowest BCUT2D eigenvalue weighted by atomic mass is 10.0. The largest absolute Gasteiger partial charge is 0.350 e. The zero-order valence-corrected chi connectivity index (χ0v) is 17.5. The molecule has 0 atom stereocenters. The molecule has 1 aromatic heterocycles. The van der Waals surface area contributed by atoms with E-state index in [9.17, 15) is 4.79 Å². The van der Waals surface area contributed by atoms with E-state index in [1.54, 1.807) is 0 Å². The standard InChI is InChI=1S/C22H26ClN5O/c1-14(2)25-21(29)17-12-16(10-15-4-3-5-18(23)11-15)20-19(13-17)26-22(27-20)28-8-6-24-7-9-28/h3-5,11-14,24H,6-10H2,1-2H3,(H,25,29)(H,26,27). The van der Waals surface area contributed by atoms with Crippen LogP contribution < -0.4 is 15.5 Å². The smallest absolute Gasteiger partial charge is 0.251 e. The second-order valence-corrected chi connectivity index (χ2v) is 8.20. The number of halogens is 1. The number of aromatic nitrogens is 2. The average molecular weight is 412 g/mol. The molecular formula is C22H26ClN5O. The van der Waals surface area contributed by atoms with Crippen LogP contribution in [0.25, 0.3) is 11.0 Å². The minimum atomic E-state index is -0.0763. The number of nitrogens with zero attached hydrogens (tertiary/aromatic N) is 2. The van der Waals surface area contributed by atoms with Gasteiger partial charge < -0.3 is 20.5 Å². The molecule has 0 saturated carbocycles. The monoisotopic (exact) mass is 411 g/mol. The lowest BCUT2D eigenvalue weighted by molar-refractivity contribution is 0.0943. The van der Waals surface area contributed by atoms with Gasteiger partial charge in [0, 0.05) is 42.8 Å². The van der Waals surface area contributed by atoms with Gasteiger partial charge in [-0.15, -0.1) is 0 Å². The van der Waals surface area contributed by atoms with Gasteiger partial charge in [-0.2, -0.15) is 0 Å². The van der Waals surface area contributed by atoms with Crippen LogP contribution in [0, 0.1) is 0 Å². The number of anilines is 1. The molecule has 2 heterocycles. The number of carbonyl (C=O) groups is 1. The van der Waals surface area contributed by atoms with Crippen molar-refractivity contribution in [3.05, 3.63) is 58.1 Å². The number of carbonyl (C=O) groups excluding carboxylic acids is 1. The highest BCUT2D eigenvalue weighted by atomic mass is 35.5. The summed E-state index contributed by atoms with van der Waals surface area (Å²) in [5, 5.41) is 7.05. The maximum absolute atomic E-state index is 12.7. The summed E-state index contributed by atoms with van der Waals surface area (Å²) >= 11 is 6.18. The molecule has 1 saturated heterocycles. The van der Waals surface area contributed by atoms with Crippen molar-refractivity contribution >= 4 is 34.5 Å². The summed E-state index contributed by atoms with van der Waals surface area (Å²) in [5.41, 5.74) is 4.52. The van der Waals surface area contributed by atoms with E-state index >= 15 is 0 Å². The maximum atomic E-state index is 12.7. The Kier molecular flexibility index (Phi) is 5.74. The van der Waals surface area contributed by atoms with Crippen molar-refractivity contribution < 1.29 is 4.79 Å². The van der Waals surface area contributed by atoms with Crippen molar-refractivity contribution in [2.24, 2.45) is 0 Å². The lowest BCUT2D eigenvalue weighted by Gasteiger charge is -2.26. The topological polar surface area (TPSA) is 73.1 Å². The molecule has 7 heteroatoms. The number of piperazine rings is 1. The van der Waals surface area contributed by atoms with Crippen LogP contribution in [0.1, 0.15) is 35.3 Å². The van der Waals surface area contributed by atoms with Gasteiger partial charge in [0.25, 0.3) is 5.91 Å². The van der Waals surface area contributed by atoms with Gasteiger partial charge in [-0.25, -0.2) is 4.98 Å². The van der Waals surface area contributed by atoms with Crippen molar-refractivity contribution in [1.82, 2.24) is 20.6 Å². The van der Waals surface area contributed by atoms with E-state index in [1.807, 2.05) is 50.2 Å². The molecule has 6 nitrogen and oxygen atoms in total. The van der Waals surface area contributed by atoms with E-state index in [0.717, 1.165) is 54.3 Å². The fraction of sp³-hybridized carbons (Fsp3) is 0.364. The van der Waals surface area contributed by atoms with Crippen LogP contribution in [0.15, 0.2) is 36.4 Å². The predicted molar refractivity (Wildman–Crippen MR) is 118 cm³/mol. The highest BCUT2D eigenvalue weighted by Crippen LogP contribution is 2.26. The number of aromatic amines is 1. The molecule has 1 aliphatic heterocycles. The number of amides is 1. The number of fused-ring (bicyclic) bond motifs is 1. The Hall–Kier alpha value is -2.57. The number of imidazole rings is 1. The molecule has 3 aromatic rings. The normalized spacial score (nSPS) is 14.6. The van der Waals surface area contributed by atoms with E-state index in [1.165, 1.54) is 0 Å². The van der Waals surface area contributed by atoms with E-state index in [2.05, 4.69) is 20.5 Å². The zero-order valence-electron chi connectivity index (χ0n) is 16.8. The summed E-state index contributed by atoms with van der Waals surface area (Å²) in [5.74, 6) is 0.780. The molecule has 2 aromatic carbocycles. The van der Waals surface area contributed by atoms with Crippen LogP contribution in [0.4, 0.5) is 5.95 Å². The Balaban J connectivity index is 1.76. The molecule has 0 unspecified atom stereocenters. The van der Waals surface area contributed by atoms with Gasteiger partial charge in [-0.3, -0.25) is 4.79 Å². The van der Waals surface area contributed by atoms with E-state index in [0.29, 0.717) is 17.0 Å². The van der Waals surface area contributed by atoms with Gasteiger partial charge in [-0.1, -0.05) is 23.7 Å². The quantitative estimate of drug-likeness (QED) is 0.602. The third kappa shape index (κ3) is 4.54. The van der Waals surface area contributed by atoms with Crippen molar-refractivity contribution in [2.45, 2.75) is 26.3 Å². The lowest BCUT2D eigenvalue weighted by Crippen LogP contribution is -2.44. The molecule has 1 aliphatic rings. The summed E-state index contributed by atoms with van der Waals surface area (Å²) in [6.45, 7) is 7.61. The Morgan fingerprint density at radius 2 is 2.03 bits per heavy atom. The van der Waals surface area contributed by atoms with Crippen molar-refractivity contribution in [1.29, 1.82) is 0 Å². The van der Waals surface area contributed by atoms with Crippen LogP contribution in [0.3, 0.4) is 0 Å². The van der Waals surface area contributed by atoms with Crippen molar-refractivity contribution in [2.75, 3.05) is 31.1 Å². The molecule has 1 amide bonds. The first kappa shape index (κ1) is 19.7. The first-order valence-electron chi connectivity index (χ1n) is 10.0.